The molecule has 100 valence electrons. The maximum atomic E-state index is 13.6. The quantitative estimate of drug-likeness (QED) is 0.888. The molecule has 1 unspecified atom stereocenters. The Morgan fingerprint density at radius 3 is 2.56 bits per heavy atom. The van der Waals surface area contributed by atoms with Gasteiger partial charge in [-0.15, -0.1) is 0 Å². The van der Waals surface area contributed by atoms with Gasteiger partial charge in [0.1, 0.15) is 5.82 Å². The van der Waals surface area contributed by atoms with E-state index in [2.05, 4.69) is 0 Å². The van der Waals surface area contributed by atoms with Gasteiger partial charge in [-0.05, 0) is 25.0 Å². The Morgan fingerprint density at radius 2 is 1.94 bits per heavy atom. The second-order valence-electron chi connectivity index (χ2n) is 5.08. The van der Waals surface area contributed by atoms with Crippen LogP contribution in [-0.4, -0.2) is 21.9 Å². The van der Waals surface area contributed by atoms with Gasteiger partial charge in [0.25, 0.3) is 0 Å². The predicted molar refractivity (Wildman–Crippen MR) is 69.2 cm³/mol. The van der Waals surface area contributed by atoms with Crippen molar-refractivity contribution >= 4 is 11.6 Å². The van der Waals surface area contributed by atoms with E-state index in [1.54, 1.807) is 6.07 Å². The van der Waals surface area contributed by atoms with Gasteiger partial charge in [-0.1, -0.05) is 36.9 Å². The van der Waals surface area contributed by atoms with Gasteiger partial charge in [0.05, 0.1) is 11.7 Å². The smallest absolute Gasteiger partial charge is 0.127 e. The van der Waals surface area contributed by atoms with Gasteiger partial charge in [-0.25, -0.2) is 4.39 Å². The summed E-state index contributed by atoms with van der Waals surface area (Å²) in [5, 5.41) is 20.8. The van der Waals surface area contributed by atoms with Gasteiger partial charge in [-0.2, -0.15) is 0 Å². The average molecular weight is 273 g/mol. The average Bonchev–Trinajstić information content (AvgIpc) is 2.34. The molecule has 1 atom stereocenters. The van der Waals surface area contributed by atoms with Gasteiger partial charge in [-0.3, -0.25) is 0 Å². The van der Waals surface area contributed by atoms with Crippen molar-refractivity contribution < 1.29 is 14.6 Å². The number of aliphatic hydroxyl groups is 2. The highest BCUT2D eigenvalue weighted by Crippen LogP contribution is 2.33. The van der Waals surface area contributed by atoms with E-state index in [0.29, 0.717) is 17.9 Å². The highest BCUT2D eigenvalue weighted by Gasteiger charge is 2.37. The van der Waals surface area contributed by atoms with E-state index in [4.69, 9.17) is 11.6 Å². The molecule has 2 nitrogen and oxygen atoms in total. The number of rotatable bonds is 3. The molecule has 2 N–H and O–H groups in total. The summed E-state index contributed by atoms with van der Waals surface area (Å²) in [6.45, 7) is 0. The van der Waals surface area contributed by atoms with E-state index in [-0.39, 0.29) is 12.0 Å². The second-order valence-corrected chi connectivity index (χ2v) is 5.49. The van der Waals surface area contributed by atoms with E-state index in [0.717, 1.165) is 19.3 Å². The highest BCUT2D eigenvalue weighted by molar-refractivity contribution is 6.31. The van der Waals surface area contributed by atoms with E-state index in [9.17, 15) is 14.6 Å². The van der Waals surface area contributed by atoms with Crippen LogP contribution in [0.1, 0.15) is 37.7 Å². The summed E-state index contributed by atoms with van der Waals surface area (Å²) < 4.78 is 13.6. The lowest BCUT2D eigenvalue weighted by atomic mass is 9.79. The summed E-state index contributed by atoms with van der Waals surface area (Å²) in [4.78, 5) is 0. The predicted octanol–water partition coefficient (Wildman–Crippen LogP) is 3.08. The second kappa shape index (κ2) is 5.55. The molecule has 2 rings (SSSR count). The molecule has 18 heavy (non-hydrogen) atoms. The first-order valence-corrected chi connectivity index (χ1v) is 6.74. The minimum absolute atomic E-state index is 0.0575. The molecule has 0 saturated heterocycles. The van der Waals surface area contributed by atoms with Crippen LogP contribution in [0.25, 0.3) is 0 Å². The normalized spacial score (nSPS) is 20.7. The van der Waals surface area contributed by atoms with Crippen LogP contribution in [0.3, 0.4) is 0 Å². The topological polar surface area (TPSA) is 40.5 Å². The number of aliphatic hydroxyl groups excluding tert-OH is 1. The third kappa shape index (κ3) is 2.85. The third-order valence-electron chi connectivity index (χ3n) is 3.80. The van der Waals surface area contributed by atoms with Crippen LogP contribution < -0.4 is 0 Å². The van der Waals surface area contributed by atoms with Crippen molar-refractivity contribution in [1.82, 2.24) is 0 Å². The third-order valence-corrected chi connectivity index (χ3v) is 4.15. The molecule has 0 spiro atoms. The Hall–Kier alpha value is -0.640. The monoisotopic (exact) mass is 272 g/mol. The standard InChI is InChI=1S/C14H18ClFO2/c15-11-5-4-6-12(16)10(11)9-13(17)14(18)7-2-1-3-8-14/h4-6,13,17-18H,1-3,7-9H2. The van der Waals surface area contributed by atoms with Crippen molar-refractivity contribution in [3.05, 3.63) is 34.6 Å². The largest absolute Gasteiger partial charge is 0.390 e. The summed E-state index contributed by atoms with van der Waals surface area (Å²) in [7, 11) is 0. The van der Waals surface area contributed by atoms with E-state index in [1.807, 2.05) is 0 Å². The van der Waals surface area contributed by atoms with Crippen LogP contribution in [0.4, 0.5) is 4.39 Å². The van der Waals surface area contributed by atoms with Crippen molar-refractivity contribution in [3.63, 3.8) is 0 Å². The Balaban J connectivity index is 2.13. The summed E-state index contributed by atoms with van der Waals surface area (Å²) in [6, 6.07) is 4.44. The molecule has 1 aliphatic carbocycles. The van der Waals surface area contributed by atoms with Crippen LogP contribution in [0.15, 0.2) is 18.2 Å². The molecule has 4 heteroatoms. The lowest BCUT2D eigenvalue weighted by Gasteiger charge is -2.36. The zero-order chi connectivity index (χ0) is 13.2. The van der Waals surface area contributed by atoms with Crippen LogP contribution in [-0.2, 0) is 6.42 Å². The van der Waals surface area contributed by atoms with Crippen LogP contribution in [0.2, 0.25) is 5.02 Å². The summed E-state index contributed by atoms with van der Waals surface area (Å²) in [6.07, 6.45) is 3.11. The van der Waals surface area contributed by atoms with Crippen molar-refractivity contribution in [1.29, 1.82) is 0 Å². The molecular formula is C14H18ClFO2. The van der Waals surface area contributed by atoms with Crippen molar-refractivity contribution in [2.24, 2.45) is 0 Å². The SMILES string of the molecule is OC(Cc1c(F)cccc1Cl)C1(O)CCCCC1. The molecule has 1 saturated carbocycles. The lowest BCUT2D eigenvalue weighted by molar-refractivity contribution is -0.0962. The van der Waals surface area contributed by atoms with Crippen molar-refractivity contribution in [2.75, 3.05) is 0 Å². The summed E-state index contributed by atoms with van der Waals surface area (Å²) >= 11 is 5.93. The van der Waals surface area contributed by atoms with E-state index in [1.165, 1.54) is 12.1 Å². The molecule has 0 aliphatic heterocycles. The fraction of sp³-hybridized carbons (Fsp3) is 0.571. The number of benzene rings is 1. The van der Waals surface area contributed by atoms with Gasteiger partial charge in [0, 0.05) is 17.0 Å². The molecule has 1 aromatic carbocycles. The first-order chi connectivity index (χ1) is 8.53. The van der Waals surface area contributed by atoms with Crippen LogP contribution in [0, 0.1) is 5.82 Å². The molecule has 1 aliphatic rings. The van der Waals surface area contributed by atoms with E-state index >= 15 is 0 Å². The molecule has 0 aromatic heterocycles. The Kier molecular flexibility index (Phi) is 4.25. The number of hydrogen-bond acceptors (Lipinski definition) is 2. The van der Waals surface area contributed by atoms with Crippen molar-refractivity contribution in [3.8, 4) is 0 Å². The first-order valence-electron chi connectivity index (χ1n) is 6.36. The summed E-state index contributed by atoms with van der Waals surface area (Å²) in [5.74, 6) is -0.430. The van der Waals surface area contributed by atoms with Crippen LogP contribution in [0.5, 0.6) is 0 Å². The summed E-state index contributed by atoms with van der Waals surface area (Å²) in [5.41, 5.74) is -0.810. The fourth-order valence-electron chi connectivity index (χ4n) is 2.61. The number of hydrogen-bond donors (Lipinski definition) is 2. The van der Waals surface area contributed by atoms with Gasteiger partial charge in [0.2, 0.25) is 0 Å². The number of halogens is 2. The fourth-order valence-corrected chi connectivity index (χ4v) is 2.85. The highest BCUT2D eigenvalue weighted by atomic mass is 35.5. The molecule has 0 amide bonds. The van der Waals surface area contributed by atoms with Gasteiger partial charge < -0.3 is 10.2 Å². The van der Waals surface area contributed by atoms with Crippen molar-refractivity contribution in [2.45, 2.75) is 50.2 Å². The molecule has 1 aromatic rings. The first kappa shape index (κ1) is 13.8. The Morgan fingerprint density at radius 1 is 1.28 bits per heavy atom. The molecule has 0 radical (unpaired) electrons. The zero-order valence-electron chi connectivity index (χ0n) is 10.2. The maximum Gasteiger partial charge on any atom is 0.127 e. The van der Waals surface area contributed by atoms with Gasteiger partial charge >= 0.3 is 0 Å². The maximum absolute atomic E-state index is 13.6. The van der Waals surface area contributed by atoms with Gasteiger partial charge in [0.15, 0.2) is 0 Å². The molecule has 0 bridgehead atoms. The molecule has 0 heterocycles. The Labute approximate surface area is 111 Å². The molecule has 1 fully saturated rings. The zero-order valence-corrected chi connectivity index (χ0v) is 11.0. The Bertz CT molecular complexity index is 396. The van der Waals surface area contributed by atoms with Crippen LogP contribution >= 0.6 is 11.6 Å². The van der Waals surface area contributed by atoms with E-state index < -0.39 is 17.5 Å². The molecular weight excluding hydrogens is 255 g/mol. The minimum Gasteiger partial charge on any atom is -0.390 e. The lowest BCUT2D eigenvalue weighted by Crippen LogP contribution is -2.45. The minimum atomic E-state index is -1.09.